The van der Waals surface area contributed by atoms with Gasteiger partial charge in [-0.15, -0.1) is 0 Å². The Morgan fingerprint density at radius 1 is 1.28 bits per heavy atom. The van der Waals surface area contributed by atoms with E-state index in [0.29, 0.717) is 12.4 Å². The molecule has 0 spiro atoms. The van der Waals surface area contributed by atoms with Crippen molar-refractivity contribution in [3.63, 3.8) is 0 Å². The number of ether oxygens (including phenoxy) is 1. The molecule has 1 aromatic heterocycles. The third-order valence-corrected chi connectivity index (χ3v) is 2.48. The summed E-state index contributed by atoms with van der Waals surface area (Å²) in [5.41, 5.74) is 1.09. The van der Waals surface area contributed by atoms with Crippen LogP contribution in [0.15, 0.2) is 41.0 Å². The molecule has 0 aliphatic heterocycles. The third kappa shape index (κ3) is 3.60. The van der Waals surface area contributed by atoms with Gasteiger partial charge in [0.2, 0.25) is 0 Å². The zero-order valence-corrected chi connectivity index (χ0v) is 10.3. The molecule has 0 amide bonds. The summed E-state index contributed by atoms with van der Waals surface area (Å²) in [5, 5.41) is 3.22. The smallest absolute Gasteiger partial charge is 0.146 e. The van der Waals surface area contributed by atoms with Crippen LogP contribution in [-0.2, 0) is 13.2 Å². The van der Waals surface area contributed by atoms with Gasteiger partial charge >= 0.3 is 0 Å². The van der Waals surface area contributed by atoms with Crippen molar-refractivity contribution in [1.29, 1.82) is 0 Å². The Morgan fingerprint density at radius 3 is 2.78 bits per heavy atom. The van der Waals surface area contributed by atoms with Crippen molar-refractivity contribution < 1.29 is 13.5 Å². The molecule has 18 heavy (non-hydrogen) atoms. The Morgan fingerprint density at radius 2 is 2.06 bits per heavy atom. The molecule has 2 rings (SSSR count). The first-order valence-corrected chi connectivity index (χ1v) is 5.93. The number of hydrogen-bond donors (Lipinski definition) is 1. The van der Waals surface area contributed by atoms with Crippen LogP contribution >= 0.6 is 0 Å². The van der Waals surface area contributed by atoms with Gasteiger partial charge in [-0.3, -0.25) is 0 Å². The highest BCUT2D eigenvalue weighted by Crippen LogP contribution is 2.15. The van der Waals surface area contributed by atoms with Crippen LogP contribution < -0.4 is 10.1 Å². The lowest BCUT2D eigenvalue weighted by Gasteiger charge is -2.03. The monoisotopic (exact) mass is 249 g/mol. The lowest BCUT2D eigenvalue weighted by atomic mass is 10.3. The predicted octanol–water partition coefficient (Wildman–Crippen LogP) is 3.11. The number of benzene rings is 1. The summed E-state index contributed by atoms with van der Waals surface area (Å²) >= 11 is 0. The van der Waals surface area contributed by atoms with Gasteiger partial charge in [-0.2, -0.15) is 0 Å². The van der Waals surface area contributed by atoms with E-state index in [1.807, 2.05) is 6.07 Å². The maximum Gasteiger partial charge on any atom is 0.146 e. The Balaban J connectivity index is 1.86. The minimum Gasteiger partial charge on any atom is -0.486 e. The highest BCUT2D eigenvalue weighted by atomic mass is 19.1. The summed E-state index contributed by atoms with van der Waals surface area (Å²) in [6.45, 7) is 4.11. The van der Waals surface area contributed by atoms with Crippen molar-refractivity contribution in [2.45, 2.75) is 20.1 Å². The quantitative estimate of drug-likeness (QED) is 0.854. The Kier molecular flexibility index (Phi) is 4.36. The molecule has 1 aromatic carbocycles. The largest absolute Gasteiger partial charge is 0.486 e. The van der Waals surface area contributed by atoms with E-state index in [-0.39, 0.29) is 5.82 Å². The van der Waals surface area contributed by atoms with Crippen molar-refractivity contribution in [3.8, 4) is 5.75 Å². The van der Waals surface area contributed by atoms with Gasteiger partial charge in [0, 0.05) is 12.1 Å². The fourth-order valence-electron chi connectivity index (χ4n) is 1.55. The van der Waals surface area contributed by atoms with Gasteiger partial charge in [-0.1, -0.05) is 6.92 Å². The van der Waals surface area contributed by atoms with Crippen molar-refractivity contribution >= 4 is 0 Å². The van der Waals surface area contributed by atoms with Crippen LogP contribution in [0.5, 0.6) is 5.75 Å². The second-order valence-electron chi connectivity index (χ2n) is 3.94. The molecule has 0 aliphatic rings. The van der Waals surface area contributed by atoms with Crippen molar-refractivity contribution in [1.82, 2.24) is 5.32 Å². The first kappa shape index (κ1) is 12.6. The minimum atomic E-state index is -0.270. The van der Waals surface area contributed by atoms with E-state index in [4.69, 9.17) is 9.15 Å². The van der Waals surface area contributed by atoms with E-state index in [9.17, 15) is 4.39 Å². The predicted molar refractivity (Wildman–Crippen MR) is 66.8 cm³/mol. The van der Waals surface area contributed by atoms with Crippen LogP contribution in [0.1, 0.15) is 18.2 Å². The normalized spacial score (nSPS) is 10.6. The SMILES string of the molecule is CCNCc1coc(COc2ccc(F)cc2)c1. The molecule has 0 unspecified atom stereocenters. The van der Waals surface area contributed by atoms with E-state index in [2.05, 4.69) is 12.2 Å². The van der Waals surface area contributed by atoms with E-state index in [1.165, 1.54) is 12.1 Å². The maximum absolute atomic E-state index is 12.7. The Hall–Kier alpha value is -1.81. The molecule has 1 N–H and O–H groups in total. The van der Waals surface area contributed by atoms with Crippen LogP contribution in [-0.4, -0.2) is 6.54 Å². The first-order valence-electron chi connectivity index (χ1n) is 5.93. The summed E-state index contributed by atoms with van der Waals surface area (Å²) in [4.78, 5) is 0. The summed E-state index contributed by atoms with van der Waals surface area (Å²) in [5.74, 6) is 1.11. The molecule has 3 nitrogen and oxygen atoms in total. The molecule has 0 saturated carbocycles. The molecule has 0 bridgehead atoms. The highest BCUT2D eigenvalue weighted by molar-refractivity contribution is 5.22. The highest BCUT2D eigenvalue weighted by Gasteiger charge is 2.02. The summed E-state index contributed by atoms with van der Waals surface area (Å²) in [6, 6.07) is 7.88. The Labute approximate surface area is 106 Å². The van der Waals surface area contributed by atoms with Crippen LogP contribution in [0.2, 0.25) is 0 Å². The fraction of sp³-hybridized carbons (Fsp3) is 0.286. The van der Waals surface area contributed by atoms with E-state index >= 15 is 0 Å². The lowest BCUT2D eigenvalue weighted by Crippen LogP contribution is -2.10. The van der Waals surface area contributed by atoms with E-state index in [1.54, 1.807) is 18.4 Å². The molecule has 0 radical (unpaired) electrons. The molecule has 1 heterocycles. The summed E-state index contributed by atoms with van der Waals surface area (Å²) < 4.78 is 23.5. The number of hydrogen-bond acceptors (Lipinski definition) is 3. The number of rotatable bonds is 6. The summed E-state index contributed by atoms with van der Waals surface area (Å²) in [7, 11) is 0. The van der Waals surface area contributed by atoms with Gasteiger partial charge in [0.15, 0.2) is 0 Å². The van der Waals surface area contributed by atoms with Gasteiger partial charge in [0.05, 0.1) is 6.26 Å². The molecular formula is C14H16FNO2. The minimum absolute atomic E-state index is 0.270. The van der Waals surface area contributed by atoms with Crippen molar-refractivity contribution in [3.05, 3.63) is 53.7 Å². The molecule has 4 heteroatoms. The van der Waals surface area contributed by atoms with Gasteiger partial charge < -0.3 is 14.5 Å². The second-order valence-corrected chi connectivity index (χ2v) is 3.94. The van der Waals surface area contributed by atoms with Crippen LogP contribution in [0.3, 0.4) is 0 Å². The van der Waals surface area contributed by atoms with Gasteiger partial charge in [0.25, 0.3) is 0 Å². The first-order chi connectivity index (χ1) is 8.78. The van der Waals surface area contributed by atoms with Crippen LogP contribution in [0, 0.1) is 5.82 Å². The number of furan rings is 1. The molecule has 0 saturated heterocycles. The lowest BCUT2D eigenvalue weighted by molar-refractivity contribution is 0.270. The second kappa shape index (κ2) is 6.21. The number of nitrogens with one attached hydrogen (secondary N) is 1. The molecule has 96 valence electrons. The van der Waals surface area contributed by atoms with Gasteiger partial charge in [0.1, 0.15) is 23.9 Å². The molecule has 0 aliphatic carbocycles. The van der Waals surface area contributed by atoms with E-state index in [0.717, 1.165) is 24.4 Å². The topological polar surface area (TPSA) is 34.4 Å². The van der Waals surface area contributed by atoms with Gasteiger partial charge in [-0.25, -0.2) is 4.39 Å². The van der Waals surface area contributed by atoms with Crippen LogP contribution in [0.4, 0.5) is 4.39 Å². The standard InChI is InChI=1S/C14H16FNO2/c1-2-16-8-11-7-14(17-9-11)10-18-13-5-3-12(15)4-6-13/h3-7,9,16H,2,8,10H2,1H3. The molecular weight excluding hydrogens is 233 g/mol. The zero-order valence-electron chi connectivity index (χ0n) is 10.3. The van der Waals surface area contributed by atoms with Crippen molar-refractivity contribution in [2.75, 3.05) is 6.54 Å². The van der Waals surface area contributed by atoms with E-state index < -0.39 is 0 Å². The van der Waals surface area contributed by atoms with Crippen LogP contribution in [0.25, 0.3) is 0 Å². The molecule has 0 fully saturated rings. The van der Waals surface area contributed by atoms with Gasteiger partial charge in [-0.05, 0) is 36.9 Å². The average Bonchev–Trinajstić information content (AvgIpc) is 2.84. The number of halogens is 1. The third-order valence-electron chi connectivity index (χ3n) is 2.48. The summed E-state index contributed by atoms with van der Waals surface area (Å²) in [6.07, 6.45) is 1.71. The zero-order chi connectivity index (χ0) is 12.8. The fourth-order valence-corrected chi connectivity index (χ4v) is 1.55. The average molecular weight is 249 g/mol. The maximum atomic E-state index is 12.7. The Bertz CT molecular complexity index is 479. The molecule has 2 aromatic rings. The van der Waals surface area contributed by atoms with Crippen molar-refractivity contribution in [2.24, 2.45) is 0 Å². The molecule has 0 atom stereocenters.